The van der Waals surface area contributed by atoms with Crippen molar-refractivity contribution in [2.75, 3.05) is 7.05 Å². The van der Waals surface area contributed by atoms with Gasteiger partial charge in [-0.05, 0) is 25.5 Å². The Morgan fingerprint density at radius 3 is 2.50 bits per heavy atom. The molecule has 0 aliphatic heterocycles. The van der Waals surface area contributed by atoms with Crippen molar-refractivity contribution < 1.29 is 4.42 Å². The van der Waals surface area contributed by atoms with Gasteiger partial charge in [-0.1, -0.05) is 20.8 Å². The Morgan fingerprint density at radius 1 is 1.44 bits per heavy atom. The van der Waals surface area contributed by atoms with Crippen LogP contribution in [0.15, 0.2) is 16.7 Å². The lowest BCUT2D eigenvalue weighted by molar-refractivity contribution is 0.127. The second-order valence-corrected chi connectivity index (χ2v) is 5.58. The molecule has 0 saturated carbocycles. The third-order valence-corrected chi connectivity index (χ3v) is 3.26. The summed E-state index contributed by atoms with van der Waals surface area (Å²) in [7, 11) is 2.13. The van der Waals surface area contributed by atoms with Gasteiger partial charge in [0, 0.05) is 18.2 Å². The summed E-state index contributed by atoms with van der Waals surface area (Å²) >= 11 is 0. The summed E-state index contributed by atoms with van der Waals surface area (Å²) in [6.45, 7) is 10.4. The van der Waals surface area contributed by atoms with E-state index < -0.39 is 0 Å². The van der Waals surface area contributed by atoms with E-state index in [0.717, 1.165) is 17.9 Å². The smallest absolute Gasteiger partial charge is 0.118 e. The van der Waals surface area contributed by atoms with Crippen molar-refractivity contribution in [2.45, 2.75) is 46.8 Å². The van der Waals surface area contributed by atoms with Crippen LogP contribution in [0, 0.1) is 5.41 Å². The Labute approximate surface area is 98.6 Å². The van der Waals surface area contributed by atoms with Gasteiger partial charge in [-0.25, -0.2) is 0 Å². The number of rotatable bonds is 4. The summed E-state index contributed by atoms with van der Waals surface area (Å²) < 4.78 is 5.47. The van der Waals surface area contributed by atoms with Crippen LogP contribution < -0.4 is 5.73 Å². The Kier molecular flexibility index (Phi) is 4.16. The summed E-state index contributed by atoms with van der Waals surface area (Å²) in [5, 5.41) is 0. The topological polar surface area (TPSA) is 42.4 Å². The molecular weight excluding hydrogens is 200 g/mol. The van der Waals surface area contributed by atoms with Crippen LogP contribution in [0.5, 0.6) is 0 Å². The zero-order chi connectivity index (χ0) is 12.3. The largest absolute Gasteiger partial charge is 0.468 e. The number of hydrogen-bond donors (Lipinski definition) is 1. The minimum Gasteiger partial charge on any atom is -0.468 e. The van der Waals surface area contributed by atoms with Crippen LogP contribution in [0.1, 0.15) is 39.0 Å². The third-order valence-electron chi connectivity index (χ3n) is 3.26. The highest BCUT2D eigenvalue weighted by molar-refractivity contribution is 5.12. The molecule has 92 valence electrons. The maximum atomic E-state index is 5.55. The quantitative estimate of drug-likeness (QED) is 0.855. The van der Waals surface area contributed by atoms with E-state index in [1.165, 1.54) is 0 Å². The lowest BCUT2D eigenvalue weighted by Crippen LogP contribution is -2.38. The van der Waals surface area contributed by atoms with Gasteiger partial charge in [0.1, 0.15) is 5.76 Å². The molecule has 1 heterocycles. The second kappa shape index (κ2) is 5.02. The van der Waals surface area contributed by atoms with Crippen LogP contribution in [0.25, 0.3) is 0 Å². The number of nitrogens with zero attached hydrogens (tertiary/aromatic N) is 1. The van der Waals surface area contributed by atoms with Gasteiger partial charge < -0.3 is 10.2 Å². The summed E-state index contributed by atoms with van der Waals surface area (Å²) in [4.78, 5) is 2.30. The first-order valence-corrected chi connectivity index (χ1v) is 5.81. The van der Waals surface area contributed by atoms with Gasteiger partial charge in [-0.3, -0.25) is 4.90 Å². The fraction of sp³-hybridized carbons (Fsp3) is 0.692. The molecule has 2 N–H and O–H groups in total. The molecule has 1 aromatic rings. The zero-order valence-electron chi connectivity index (χ0n) is 11.1. The van der Waals surface area contributed by atoms with E-state index in [1.807, 2.05) is 6.07 Å². The first-order chi connectivity index (χ1) is 7.34. The maximum Gasteiger partial charge on any atom is 0.118 e. The van der Waals surface area contributed by atoms with E-state index in [-0.39, 0.29) is 5.41 Å². The van der Waals surface area contributed by atoms with Gasteiger partial charge in [-0.15, -0.1) is 0 Å². The molecule has 0 spiro atoms. The molecule has 3 nitrogen and oxygen atoms in total. The third kappa shape index (κ3) is 3.35. The van der Waals surface area contributed by atoms with E-state index >= 15 is 0 Å². The molecule has 3 heteroatoms. The van der Waals surface area contributed by atoms with E-state index in [1.54, 1.807) is 6.26 Å². The standard InChI is InChI=1S/C13H24N2O/c1-10(13(2,3)4)15(5)8-12-6-11(7-14)9-16-12/h6,9-10H,7-8,14H2,1-5H3. The highest BCUT2D eigenvalue weighted by Gasteiger charge is 2.24. The summed E-state index contributed by atoms with van der Waals surface area (Å²) in [5.41, 5.74) is 6.89. The predicted molar refractivity (Wildman–Crippen MR) is 67.0 cm³/mol. The Bertz CT molecular complexity index is 325. The number of hydrogen-bond acceptors (Lipinski definition) is 3. The molecule has 1 unspecified atom stereocenters. The maximum absolute atomic E-state index is 5.55. The fourth-order valence-corrected chi connectivity index (χ4v) is 1.66. The SMILES string of the molecule is CC(N(C)Cc1cc(CN)co1)C(C)(C)C. The van der Waals surface area contributed by atoms with Crippen LogP contribution in [0.3, 0.4) is 0 Å². The lowest BCUT2D eigenvalue weighted by atomic mass is 9.87. The van der Waals surface area contributed by atoms with E-state index in [2.05, 4.69) is 39.6 Å². The molecule has 1 atom stereocenters. The zero-order valence-corrected chi connectivity index (χ0v) is 11.1. The molecule has 1 aromatic heterocycles. The van der Waals surface area contributed by atoms with Crippen LogP contribution in [-0.2, 0) is 13.1 Å². The molecule has 0 aliphatic carbocycles. The highest BCUT2D eigenvalue weighted by atomic mass is 16.3. The van der Waals surface area contributed by atoms with Crippen molar-refractivity contribution in [1.82, 2.24) is 4.90 Å². The minimum absolute atomic E-state index is 0.276. The summed E-state index contributed by atoms with van der Waals surface area (Å²) in [6, 6.07) is 2.53. The molecule has 0 bridgehead atoms. The Balaban J connectivity index is 2.60. The van der Waals surface area contributed by atoms with Crippen molar-refractivity contribution >= 4 is 0 Å². The molecule has 0 saturated heterocycles. The van der Waals surface area contributed by atoms with Gasteiger partial charge in [0.05, 0.1) is 12.8 Å². The minimum atomic E-state index is 0.276. The normalized spacial score (nSPS) is 14.4. The summed E-state index contributed by atoms with van der Waals surface area (Å²) in [6.07, 6.45) is 1.74. The molecule has 0 aromatic carbocycles. The number of nitrogens with two attached hydrogens (primary N) is 1. The first-order valence-electron chi connectivity index (χ1n) is 5.81. The van der Waals surface area contributed by atoms with Crippen molar-refractivity contribution in [1.29, 1.82) is 0 Å². The molecule has 0 aliphatic rings. The van der Waals surface area contributed by atoms with E-state index in [9.17, 15) is 0 Å². The van der Waals surface area contributed by atoms with Crippen LogP contribution in [-0.4, -0.2) is 18.0 Å². The van der Waals surface area contributed by atoms with Crippen molar-refractivity contribution in [3.63, 3.8) is 0 Å². The molecule has 0 fully saturated rings. The van der Waals surface area contributed by atoms with Gasteiger partial charge in [0.15, 0.2) is 0 Å². The predicted octanol–water partition coefficient (Wildman–Crippen LogP) is 2.60. The van der Waals surface area contributed by atoms with Gasteiger partial charge in [0.2, 0.25) is 0 Å². The monoisotopic (exact) mass is 224 g/mol. The second-order valence-electron chi connectivity index (χ2n) is 5.58. The van der Waals surface area contributed by atoms with Crippen molar-refractivity contribution in [3.05, 3.63) is 23.7 Å². The van der Waals surface area contributed by atoms with Crippen LogP contribution in [0.4, 0.5) is 0 Å². The molecule has 0 amide bonds. The van der Waals surface area contributed by atoms with E-state index in [0.29, 0.717) is 12.6 Å². The molecular formula is C13H24N2O. The molecule has 16 heavy (non-hydrogen) atoms. The van der Waals surface area contributed by atoms with Gasteiger partial charge in [0.25, 0.3) is 0 Å². The van der Waals surface area contributed by atoms with Crippen LogP contribution >= 0.6 is 0 Å². The number of furan rings is 1. The fourth-order valence-electron chi connectivity index (χ4n) is 1.66. The molecule has 0 radical (unpaired) electrons. The average molecular weight is 224 g/mol. The van der Waals surface area contributed by atoms with E-state index in [4.69, 9.17) is 10.2 Å². The van der Waals surface area contributed by atoms with Crippen molar-refractivity contribution in [3.8, 4) is 0 Å². The first kappa shape index (κ1) is 13.3. The van der Waals surface area contributed by atoms with Gasteiger partial charge in [-0.2, -0.15) is 0 Å². The average Bonchev–Trinajstić information content (AvgIpc) is 2.63. The lowest BCUT2D eigenvalue weighted by Gasteiger charge is -2.34. The van der Waals surface area contributed by atoms with Crippen molar-refractivity contribution in [2.24, 2.45) is 11.1 Å². The van der Waals surface area contributed by atoms with Gasteiger partial charge >= 0.3 is 0 Å². The van der Waals surface area contributed by atoms with Crippen LogP contribution in [0.2, 0.25) is 0 Å². The highest BCUT2D eigenvalue weighted by Crippen LogP contribution is 2.24. The molecule has 1 rings (SSSR count). The Morgan fingerprint density at radius 2 is 2.06 bits per heavy atom. The Hall–Kier alpha value is -0.800. The summed E-state index contributed by atoms with van der Waals surface area (Å²) in [5.74, 6) is 0.985.